The molecule has 1 heterocycles. The number of Topliss-reactive ketones (excluding diaryl/α,β-unsaturated/α-hetero) is 1. The third-order valence-corrected chi connectivity index (χ3v) is 4.51. The SMILES string of the molecule is O=C(Cc1cc(Cl)cc2c1OCC2)c1ccccc1I. The van der Waals surface area contributed by atoms with Crippen molar-refractivity contribution in [1.29, 1.82) is 0 Å². The van der Waals surface area contributed by atoms with Crippen LogP contribution in [0.4, 0.5) is 0 Å². The highest BCUT2D eigenvalue weighted by atomic mass is 127. The maximum Gasteiger partial charge on any atom is 0.168 e. The largest absolute Gasteiger partial charge is 0.493 e. The van der Waals surface area contributed by atoms with Gasteiger partial charge in [-0.2, -0.15) is 0 Å². The third-order valence-electron chi connectivity index (χ3n) is 3.35. The van der Waals surface area contributed by atoms with Gasteiger partial charge in [0.2, 0.25) is 0 Å². The summed E-state index contributed by atoms with van der Waals surface area (Å²) in [6, 6.07) is 11.4. The molecule has 0 fully saturated rings. The van der Waals surface area contributed by atoms with E-state index in [1.165, 1.54) is 0 Å². The minimum absolute atomic E-state index is 0.0926. The summed E-state index contributed by atoms with van der Waals surface area (Å²) in [7, 11) is 0. The molecule has 0 spiro atoms. The number of rotatable bonds is 3. The second-order valence-electron chi connectivity index (χ2n) is 4.73. The first-order valence-corrected chi connectivity index (χ1v) is 7.82. The zero-order valence-corrected chi connectivity index (χ0v) is 13.6. The Morgan fingerprint density at radius 1 is 1.30 bits per heavy atom. The predicted molar refractivity (Wildman–Crippen MR) is 87.8 cm³/mol. The summed E-state index contributed by atoms with van der Waals surface area (Å²) >= 11 is 8.30. The number of ketones is 1. The van der Waals surface area contributed by atoms with Crippen molar-refractivity contribution in [3.63, 3.8) is 0 Å². The first kappa shape index (κ1) is 13.9. The van der Waals surface area contributed by atoms with Crippen LogP contribution < -0.4 is 4.74 Å². The van der Waals surface area contributed by atoms with Crippen molar-refractivity contribution < 1.29 is 9.53 Å². The summed E-state index contributed by atoms with van der Waals surface area (Å²) in [5.74, 6) is 0.934. The van der Waals surface area contributed by atoms with E-state index in [1.807, 2.05) is 36.4 Å². The molecule has 0 amide bonds. The topological polar surface area (TPSA) is 26.3 Å². The van der Waals surface area contributed by atoms with Gasteiger partial charge in [0.1, 0.15) is 5.75 Å². The zero-order valence-electron chi connectivity index (χ0n) is 10.7. The number of ether oxygens (including phenoxy) is 1. The van der Waals surface area contributed by atoms with Crippen molar-refractivity contribution in [2.24, 2.45) is 0 Å². The summed E-state index contributed by atoms with van der Waals surface area (Å²) in [6.45, 7) is 0.666. The standard InChI is InChI=1S/C16H12ClIO2/c17-12-7-10-5-6-20-16(10)11(8-12)9-15(19)13-3-1-2-4-14(13)18/h1-4,7-8H,5-6,9H2. The molecular formula is C16H12ClIO2. The van der Waals surface area contributed by atoms with Gasteiger partial charge in [-0.25, -0.2) is 0 Å². The van der Waals surface area contributed by atoms with Crippen LogP contribution in [0, 0.1) is 3.57 Å². The molecule has 0 saturated carbocycles. The molecule has 2 nitrogen and oxygen atoms in total. The number of hydrogen-bond donors (Lipinski definition) is 0. The van der Waals surface area contributed by atoms with E-state index in [4.69, 9.17) is 16.3 Å². The molecule has 2 aromatic rings. The van der Waals surface area contributed by atoms with Crippen molar-refractivity contribution in [2.45, 2.75) is 12.8 Å². The maximum atomic E-state index is 12.4. The van der Waals surface area contributed by atoms with Gasteiger partial charge in [0, 0.05) is 32.6 Å². The van der Waals surface area contributed by atoms with Gasteiger partial charge in [0.05, 0.1) is 6.61 Å². The molecule has 0 unspecified atom stereocenters. The summed E-state index contributed by atoms with van der Waals surface area (Å²) in [5, 5.41) is 0.666. The number of carbonyl (C=O) groups is 1. The Morgan fingerprint density at radius 3 is 2.90 bits per heavy atom. The van der Waals surface area contributed by atoms with Gasteiger partial charge in [-0.05, 0) is 46.4 Å². The number of fused-ring (bicyclic) bond motifs is 1. The van der Waals surface area contributed by atoms with E-state index < -0.39 is 0 Å². The fourth-order valence-corrected chi connectivity index (χ4v) is 3.38. The number of halogens is 2. The molecule has 0 aromatic heterocycles. The second-order valence-corrected chi connectivity index (χ2v) is 6.33. The van der Waals surface area contributed by atoms with E-state index in [0.717, 1.165) is 32.4 Å². The first-order valence-electron chi connectivity index (χ1n) is 6.37. The van der Waals surface area contributed by atoms with E-state index in [1.54, 1.807) is 0 Å². The van der Waals surface area contributed by atoms with Crippen LogP contribution in [0.5, 0.6) is 5.75 Å². The van der Waals surface area contributed by atoms with Crippen LogP contribution in [-0.4, -0.2) is 12.4 Å². The predicted octanol–water partition coefficient (Wildman–Crippen LogP) is 4.30. The van der Waals surface area contributed by atoms with Gasteiger partial charge in [-0.1, -0.05) is 29.8 Å². The van der Waals surface area contributed by atoms with Crippen molar-refractivity contribution >= 4 is 40.0 Å². The molecule has 1 aliphatic heterocycles. The van der Waals surface area contributed by atoms with Crippen LogP contribution in [0.25, 0.3) is 0 Å². The molecule has 20 heavy (non-hydrogen) atoms. The van der Waals surface area contributed by atoms with E-state index in [-0.39, 0.29) is 5.78 Å². The summed E-state index contributed by atoms with van der Waals surface area (Å²) < 4.78 is 6.61. The third kappa shape index (κ3) is 2.69. The highest BCUT2D eigenvalue weighted by Crippen LogP contribution is 2.33. The highest BCUT2D eigenvalue weighted by Gasteiger charge is 2.20. The number of hydrogen-bond acceptors (Lipinski definition) is 2. The summed E-state index contributed by atoms with van der Waals surface area (Å²) in [6.07, 6.45) is 1.18. The Morgan fingerprint density at radius 2 is 2.10 bits per heavy atom. The Balaban J connectivity index is 1.93. The molecular weight excluding hydrogens is 387 g/mol. The Labute approximate surface area is 136 Å². The molecule has 0 N–H and O–H groups in total. The summed E-state index contributed by atoms with van der Waals surface area (Å²) in [5.41, 5.74) is 2.73. The Hall–Kier alpha value is -1.07. The lowest BCUT2D eigenvalue weighted by atomic mass is 10.00. The van der Waals surface area contributed by atoms with Crippen LogP contribution in [0.3, 0.4) is 0 Å². The van der Waals surface area contributed by atoms with Crippen LogP contribution in [-0.2, 0) is 12.8 Å². The first-order chi connectivity index (χ1) is 9.65. The van der Waals surface area contributed by atoms with Crippen LogP contribution in [0.1, 0.15) is 21.5 Å². The van der Waals surface area contributed by atoms with E-state index in [9.17, 15) is 4.79 Å². The lowest BCUT2D eigenvalue weighted by molar-refractivity contribution is 0.0991. The molecule has 0 radical (unpaired) electrons. The van der Waals surface area contributed by atoms with Crippen molar-refractivity contribution in [1.82, 2.24) is 0 Å². The average molecular weight is 399 g/mol. The van der Waals surface area contributed by atoms with Gasteiger partial charge in [0.15, 0.2) is 5.78 Å². The molecule has 102 valence electrons. The number of benzene rings is 2. The molecule has 1 aliphatic rings. The smallest absolute Gasteiger partial charge is 0.168 e. The molecule has 4 heteroatoms. The van der Waals surface area contributed by atoms with Gasteiger partial charge in [-0.3, -0.25) is 4.79 Å². The van der Waals surface area contributed by atoms with Crippen LogP contribution in [0.2, 0.25) is 5.02 Å². The fraction of sp³-hybridized carbons (Fsp3) is 0.188. The summed E-state index contributed by atoms with van der Waals surface area (Å²) in [4.78, 5) is 12.4. The Bertz CT molecular complexity index is 682. The second kappa shape index (κ2) is 5.74. The van der Waals surface area contributed by atoms with Crippen molar-refractivity contribution in [2.75, 3.05) is 6.61 Å². The maximum absolute atomic E-state index is 12.4. The monoisotopic (exact) mass is 398 g/mol. The van der Waals surface area contributed by atoms with Crippen molar-refractivity contribution in [3.8, 4) is 5.75 Å². The van der Waals surface area contributed by atoms with Gasteiger partial charge in [-0.15, -0.1) is 0 Å². The van der Waals surface area contributed by atoms with E-state index in [0.29, 0.717) is 18.1 Å². The van der Waals surface area contributed by atoms with Gasteiger partial charge in [0.25, 0.3) is 0 Å². The molecule has 0 bridgehead atoms. The molecule has 0 aliphatic carbocycles. The van der Waals surface area contributed by atoms with Crippen molar-refractivity contribution in [3.05, 3.63) is 61.7 Å². The zero-order chi connectivity index (χ0) is 14.1. The average Bonchev–Trinajstić information content (AvgIpc) is 2.87. The van der Waals surface area contributed by atoms with E-state index >= 15 is 0 Å². The normalized spacial score (nSPS) is 12.9. The molecule has 2 aromatic carbocycles. The molecule has 0 saturated heterocycles. The van der Waals surface area contributed by atoms with Crippen LogP contribution in [0.15, 0.2) is 36.4 Å². The van der Waals surface area contributed by atoms with Gasteiger partial charge < -0.3 is 4.74 Å². The number of carbonyl (C=O) groups excluding carboxylic acids is 1. The van der Waals surface area contributed by atoms with Gasteiger partial charge >= 0.3 is 0 Å². The highest BCUT2D eigenvalue weighted by molar-refractivity contribution is 14.1. The fourth-order valence-electron chi connectivity index (χ4n) is 2.43. The minimum atomic E-state index is 0.0926. The molecule has 3 rings (SSSR count). The lowest BCUT2D eigenvalue weighted by Gasteiger charge is -2.09. The Kier molecular flexibility index (Phi) is 3.98. The minimum Gasteiger partial charge on any atom is -0.493 e. The van der Waals surface area contributed by atoms with E-state index in [2.05, 4.69) is 22.6 Å². The molecule has 0 atom stereocenters. The van der Waals surface area contributed by atoms with Crippen LogP contribution >= 0.6 is 34.2 Å². The quantitative estimate of drug-likeness (QED) is 0.569. The lowest BCUT2D eigenvalue weighted by Crippen LogP contribution is -2.06.